The summed E-state index contributed by atoms with van der Waals surface area (Å²) < 4.78 is 40.2. The highest BCUT2D eigenvalue weighted by molar-refractivity contribution is 7.57. The van der Waals surface area contributed by atoms with Gasteiger partial charge in [-0.2, -0.15) is 0 Å². The van der Waals surface area contributed by atoms with Gasteiger partial charge in [0.15, 0.2) is 0 Å². The van der Waals surface area contributed by atoms with Crippen LogP contribution in [0, 0.1) is 0 Å². The van der Waals surface area contributed by atoms with Crippen LogP contribution in [0.3, 0.4) is 0 Å². The van der Waals surface area contributed by atoms with Gasteiger partial charge in [0, 0.05) is 0 Å². The molecule has 0 fully saturated rings. The summed E-state index contributed by atoms with van der Waals surface area (Å²) in [6.45, 7) is 3.44. The predicted molar refractivity (Wildman–Crippen MR) is 123 cm³/mol. The average molecular weight is 473 g/mol. The molecule has 0 aliphatic rings. The summed E-state index contributed by atoms with van der Waals surface area (Å²) in [7, 11) is -4.34. The van der Waals surface area contributed by atoms with Crippen LogP contribution in [0.15, 0.2) is 66.7 Å². The Morgan fingerprint density at radius 1 is 1.06 bits per heavy atom. The number of nitrogens with one attached hydrogen (secondary N) is 1. The van der Waals surface area contributed by atoms with E-state index in [-0.39, 0.29) is 23.5 Å². The highest BCUT2D eigenvalue weighted by Crippen LogP contribution is 2.57. The molecule has 0 saturated carbocycles. The van der Waals surface area contributed by atoms with Crippen LogP contribution < -0.4 is 9.61 Å². The van der Waals surface area contributed by atoms with Crippen LogP contribution >= 0.6 is 7.52 Å². The van der Waals surface area contributed by atoms with Crippen LogP contribution in [0.5, 0.6) is 5.75 Å². The van der Waals surface area contributed by atoms with Crippen LogP contribution in [0.25, 0.3) is 10.8 Å². The lowest BCUT2D eigenvalue weighted by atomic mass is 10.0. The number of fused-ring (bicyclic) bond motifs is 1. The number of hydrogen-bond donors (Lipinski definition) is 2. The Morgan fingerprint density at radius 2 is 1.76 bits per heavy atom. The first-order chi connectivity index (χ1) is 15.7. The quantitative estimate of drug-likeness (QED) is 0.287. The maximum Gasteiger partial charge on any atom is 0.355 e. The number of rotatable bonds is 10. The van der Waals surface area contributed by atoms with Crippen LogP contribution in [0.1, 0.15) is 42.1 Å². The number of alkyl halides is 1. The minimum atomic E-state index is -4.34. The van der Waals surface area contributed by atoms with E-state index in [0.29, 0.717) is 17.2 Å². The van der Waals surface area contributed by atoms with E-state index >= 15 is 4.39 Å². The second-order valence-corrected chi connectivity index (χ2v) is 9.57. The van der Waals surface area contributed by atoms with Gasteiger partial charge in [-0.05, 0) is 60.0 Å². The lowest BCUT2D eigenvalue weighted by Gasteiger charge is -2.26. The molecule has 3 aromatic carbocycles. The van der Waals surface area contributed by atoms with Crippen molar-refractivity contribution in [1.29, 1.82) is 0 Å². The smallest absolute Gasteiger partial charge is 0.355 e. The van der Waals surface area contributed by atoms with Crippen LogP contribution in [-0.4, -0.2) is 29.7 Å². The molecule has 0 bridgehead atoms. The third-order valence-corrected chi connectivity index (χ3v) is 6.97. The molecule has 9 heteroatoms. The molecule has 0 saturated heterocycles. The molecule has 0 aromatic heterocycles. The minimum absolute atomic E-state index is 0.0194. The number of carboxylic acids is 1. The molecule has 0 heterocycles. The summed E-state index contributed by atoms with van der Waals surface area (Å²) in [5, 5.41) is 12.9. The van der Waals surface area contributed by atoms with Crippen molar-refractivity contribution in [3.63, 3.8) is 0 Å². The van der Waals surface area contributed by atoms with Crippen molar-refractivity contribution >= 4 is 30.2 Å². The monoisotopic (exact) mass is 473 g/mol. The van der Waals surface area contributed by atoms with E-state index in [4.69, 9.17) is 9.26 Å². The van der Waals surface area contributed by atoms with E-state index < -0.39 is 31.4 Å². The summed E-state index contributed by atoms with van der Waals surface area (Å²) in [4.78, 5) is 23.5. The van der Waals surface area contributed by atoms with Gasteiger partial charge < -0.3 is 14.4 Å². The fourth-order valence-electron chi connectivity index (χ4n) is 3.17. The Hall–Kier alpha value is -3.22. The molecule has 33 heavy (non-hydrogen) atoms. The molecule has 0 aliphatic heterocycles. The second kappa shape index (κ2) is 10.6. The number of esters is 1. The van der Waals surface area contributed by atoms with E-state index in [2.05, 4.69) is 5.09 Å². The maximum atomic E-state index is 15.8. The molecule has 3 atom stereocenters. The number of halogens is 1. The molecule has 3 rings (SSSR count). The topological polar surface area (TPSA) is 102 Å². The van der Waals surface area contributed by atoms with Gasteiger partial charge in [0.2, 0.25) is 5.91 Å². The molecule has 0 amide bonds. The van der Waals surface area contributed by atoms with Crippen molar-refractivity contribution in [3.05, 3.63) is 77.9 Å². The minimum Gasteiger partial charge on any atom is -0.478 e. The van der Waals surface area contributed by atoms with E-state index in [1.54, 1.807) is 30.3 Å². The fourth-order valence-corrected chi connectivity index (χ4v) is 5.08. The van der Waals surface area contributed by atoms with Gasteiger partial charge in [-0.3, -0.25) is 9.36 Å². The lowest BCUT2D eigenvalue weighted by molar-refractivity contribution is -0.145. The normalized spacial score (nSPS) is 14.8. The fraction of sp³-hybridized carbons (Fsp3) is 0.250. The van der Waals surface area contributed by atoms with E-state index in [0.717, 1.165) is 0 Å². The average Bonchev–Trinajstić information content (AvgIpc) is 2.81. The summed E-state index contributed by atoms with van der Waals surface area (Å²) in [6, 6.07) is 15.9. The van der Waals surface area contributed by atoms with Crippen molar-refractivity contribution in [2.75, 3.05) is 6.61 Å². The summed E-state index contributed by atoms with van der Waals surface area (Å²) in [5.74, 6) is -3.76. The SMILES string of the molecule is CCCOC(=O)[C@H](C)NP(=O)(Oc1ccccc1)[C@H](F)c1ccc2ccc(C(=O)O)cc2c1. The summed E-state index contributed by atoms with van der Waals surface area (Å²) in [5.41, 5.74) is 0.0649. The van der Waals surface area contributed by atoms with Gasteiger partial charge in [-0.1, -0.05) is 43.3 Å². The molecular weight excluding hydrogens is 448 g/mol. The number of carboxylic acid groups (broad SMARTS) is 1. The zero-order chi connectivity index (χ0) is 24.0. The molecule has 7 nitrogen and oxygen atoms in total. The molecular formula is C24H25FNO6P. The van der Waals surface area contributed by atoms with E-state index in [1.165, 1.54) is 43.3 Å². The van der Waals surface area contributed by atoms with Crippen molar-refractivity contribution < 1.29 is 32.9 Å². The Kier molecular flexibility index (Phi) is 7.84. The van der Waals surface area contributed by atoms with Crippen LogP contribution in [0.2, 0.25) is 0 Å². The first-order valence-corrected chi connectivity index (χ1v) is 12.1. The summed E-state index contributed by atoms with van der Waals surface area (Å²) in [6.07, 6.45) is 0.609. The Balaban J connectivity index is 1.97. The van der Waals surface area contributed by atoms with Gasteiger partial charge in [-0.25, -0.2) is 14.3 Å². The van der Waals surface area contributed by atoms with Gasteiger partial charge in [0.25, 0.3) is 0 Å². The number of ether oxygens (including phenoxy) is 1. The van der Waals surface area contributed by atoms with Crippen molar-refractivity contribution in [3.8, 4) is 5.75 Å². The predicted octanol–water partition coefficient (Wildman–Crippen LogP) is 5.71. The Labute approximate surface area is 191 Å². The molecule has 2 N–H and O–H groups in total. The number of carbonyl (C=O) groups excluding carboxylic acids is 1. The maximum absolute atomic E-state index is 15.8. The lowest BCUT2D eigenvalue weighted by Crippen LogP contribution is -2.35. The first kappa shape index (κ1) is 24.4. The van der Waals surface area contributed by atoms with Gasteiger partial charge in [-0.15, -0.1) is 0 Å². The first-order valence-electron chi connectivity index (χ1n) is 10.4. The molecule has 174 valence electrons. The molecule has 0 aliphatic carbocycles. The number of para-hydroxylation sites is 1. The van der Waals surface area contributed by atoms with Gasteiger partial charge in [0.1, 0.15) is 11.8 Å². The highest BCUT2D eigenvalue weighted by atomic mass is 31.2. The molecule has 3 aromatic rings. The van der Waals surface area contributed by atoms with E-state index in [9.17, 15) is 19.3 Å². The zero-order valence-electron chi connectivity index (χ0n) is 18.2. The van der Waals surface area contributed by atoms with Crippen molar-refractivity contribution in [2.45, 2.75) is 32.2 Å². The molecule has 0 radical (unpaired) electrons. The molecule has 1 unspecified atom stereocenters. The third kappa shape index (κ3) is 5.97. The van der Waals surface area contributed by atoms with Crippen LogP contribution in [0.4, 0.5) is 4.39 Å². The number of carbonyl (C=O) groups is 2. The van der Waals surface area contributed by atoms with Crippen molar-refractivity contribution in [1.82, 2.24) is 5.09 Å². The Bertz CT molecular complexity index is 1190. The Morgan fingerprint density at radius 3 is 2.42 bits per heavy atom. The number of aromatic carboxylic acids is 1. The highest BCUT2D eigenvalue weighted by Gasteiger charge is 2.40. The van der Waals surface area contributed by atoms with Gasteiger partial charge >= 0.3 is 19.5 Å². The second-order valence-electron chi connectivity index (χ2n) is 7.48. The van der Waals surface area contributed by atoms with E-state index in [1.807, 2.05) is 6.92 Å². The number of benzene rings is 3. The standard InChI is InChI=1S/C24H25FNO6P/c1-3-13-31-24(29)16(2)26-33(30,32-21-7-5-4-6-8-21)22(25)18-11-9-17-10-12-19(23(27)28)15-20(17)14-18/h4-12,14-16,22H,3,13H2,1-2H3,(H,26,30)(H,27,28)/t16-,22-,33?/m0/s1. The van der Waals surface area contributed by atoms with Gasteiger partial charge in [0.05, 0.1) is 12.2 Å². The van der Waals surface area contributed by atoms with Crippen molar-refractivity contribution in [2.24, 2.45) is 0 Å². The third-order valence-electron chi connectivity index (χ3n) is 4.84. The zero-order valence-corrected chi connectivity index (χ0v) is 19.1. The molecule has 0 spiro atoms. The largest absolute Gasteiger partial charge is 0.478 e. The number of hydrogen-bond acceptors (Lipinski definition) is 5. The van der Waals surface area contributed by atoms with Crippen LogP contribution in [-0.2, 0) is 14.1 Å². The summed E-state index contributed by atoms with van der Waals surface area (Å²) >= 11 is 0.